The molecule has 2 bridgehead atoms. The predicted octanol–water partition coefficient (Wildman–Crippen LogP) is -1.13. The maximum atomic E-state index is 9.38. The molecule has 4 nitrogen and oxygen atoms in total. The molecule has 0 radical (unpaired) electrons. The number of hydrogen-bond donors (Lipinski definition) is 1. The van der Waals surface area contributed by atoms with Gasteiger partial charge in [0.2, 0.25) is 0 Å². The van der Waals surface area contributed by atoms with Crippen molar-refractivity contribution in [3.63, 3.8) is 0 Å². The first-order valence-corrected chi connectivity index (χ1v) is 3.47. The van der Waals surface area contributed by atoms with Gasteiger partial charge in [0.15, 0.2) is 6.29 Å². The lowest BCUT2D eigenvalue weighted by atomic mass is 10.1. The fourth-order valence-corrected chi connectivity index (χ4v) is 1.63. The third kappa shape index (κ3) is 0.509. The standard InChI is InChI=1S/C6H8O4/c7-3-2-1-8-6(9-2)5-4(3)10-5/h2-7H,1H2/t2-,3?,4?,5+,6?/m1/s1. The molecular weight excluding hydrogens is 136 g/mol. The van der Waals surface area contributed by atoms with E-state index in [2.05, 4.69) is 0 Å². The molecule has 0 amide bonds. The lowest BCUT2D eigenvalue weighted by Gasteiger charge is -2.18. The largest absolute Gasteiger partial charge is 0.387 e. The minimum Gasteiger partial charge on any atom is -0.387 e. The van der Waals surface area contributed by atoms with Gasteiger partial charge in [-0.3, -0.25) is 0 Å². The molecule has 4 heteroatoms. The van der Waals surface area contributed by atoms with E-state index in [-0.39, 0.29) is 24.6 Å². The summed E-state index contributed by atoms with van der Waals surface area (Å²) in [6.07, 6.45) is -0.809. The number of aliphatic hydroxyl groups is 1. The molecule has 3 rings (SSSR count). The number of fused-ring (bicyclic) bond motifs is 4. The Morgan fingerprint density at radius 3 is 3.00 bits per heavy atom. The number of rotatable bonds is 0. The third-order valence-corrected chi connectivity index (χ3v) is 2.28. The molecule has 56 valence electrons. The summed E-state index contributed by atoms with van der Waals surface area (Å²) >= 11 is 0. The molecule has 0 spiro atoms. The quantitative estimate of drug-likeness (QED) is 0.437. The van der Waals surface area contributed by atoms with Gasteiger partial charge in [-0.2, -0.15) is 0 Å². The molecule has 0 aromatic carbocycles. The average Bonchev–Trinajstić information content (AvgIpc) is 2.61. The van der Waals surface area contributed by atoms with Crippen LogP contribution in [0.1, 0.15) is 0 Å². The molecular formula is C6H8O4. The molecule has 3 aliphatic rings. The van der Waals surface area contributed by atoms with Gasteiger partial charge < -0.3 is 19.3 Å². The van der Waals surface area contributed by atoms with Gasteiger partial charge in [-0.1, -0.05) is 0 Å². The zero-order valence-corrected chi connectivity index (χ0v) is 5.27. The first-order valence-electron chi connectivity index (χ1n) is 3.47. The fourth-order valence-electron chi connectivity index (χ4n) is 1.63. The van der Waals surface area contributed by atoms with E-state index in [0.29, 0.717) is 6.61 Å². The molecule has 3 aliphatic heterocycles. The van der Waals surface area contributed by atoms with Crippen LogP contribution in [-0.2, 0) is 14.2 Å². The van der Waals surface area contributed by atoms with Crippen LogP contribution in [0.25, 0.3) is 0 Å². The fraction of sp³-hybridized carbons (Fsp3) is 1.00. The highest BCUT2D eigenvalue weighted by Crippen LogP contribution is 2.41. The molecule has 1 N–H and O–H groups in total. The van der Waals surface area contributed by atoms with Gasteiger partial charge in [0, 0.05) is 0 Å². The summed E-state index contributed by atoms with van der Waals surface area (Å²) < 4.78 is 15.6. The Morgan fingerprint density at radius 1 is 1.20 bits per heavy atom. The van der Waals surface area contributed by atoms with Gasteiger partial charge in [-0.25, -0.2) is 0 Å². The summed E-state index contributed by atoms with van der Waals surface area (Å²) in [6, 6.07) is 0. The maximum absolute atomic E-state index is 9.38. The van der Waals surface area contributed by atoms with E-state index in [0.717, 1.165) is 0 Å². The van der Waals surface area contributed by atoms with Gasteiger partial charge in [0.1, 0.15) is 24.4 Å². The van der Waals surface area contributed by atoms with Crippen LogP contribution >= 0.6 is 0 Å². The van der Waals surface area contributed by atoms with Crippen LogP contribution in [0.2, 0.25) is 0 Å². The van der Waals surface area contributed by atoms with E-state index in [4.69, 9.17) is 14.2 Å². The lowest BCUT2D eigenvalue weighted by Crippen LogP contribution is -2.39. The molecule has 3 saturated heterocycles. The van der Waals surface area contributed by atoms with Crippen molar-refractivity contribution < 1.29 is 19.3 Å². The zero-order valence-electron chi connectivity index (χ0n) is 5.27. The SMILES string of the molecule is OC1C2O[C@@H]2C2OC[C@H]1O2. The smallest absolute Gasteiger partial charge is 0.187 e. The summed E-state index contributed by atoms with van der Waals surface area (Å²) in [5, 5.41) is 9.38. The number of aliphatic hydroxyl groups excluding tert-OH is 1. The Morgan fingerprint density at radius 2 is 2.10 bits per heavy atom. The van der Waals surface area contributed by atoms with Crippen molar-refractivity contribution in [2.75, 3.05) is 6.61 Å². The molecule has 3 fully saturated rings. The number of hydrogen-bond acceptors (Lipinski definition) is 4. The van der Waals surface area contributed by atoms with Crippen LogP contribution in [-0.4, -0.2) is 42.4 Å². The molecule has 3 unspecified atom stereocenters. The highest BCUT2D eigenvalue weighted by molar-refractivity contribution is 5.03. The van der Waals surface area contributed by atoms with Gasteiger partial charge >= 0.3 is 0 Å². The second-order valence-electron chi connectivity index (χ2n) is 2.93. The minimum absolute atomic E-state index is 0.00810. The van der Waals surface area contributed by atoms with E-state index in [1.807, 2.05) is 0 Å². The van der Waals surface area contributed by atoms with E-state index >= 15 is 0 Å². The van der Waals surface area contributed by atoms with Crippen molar-refractivity contribution in [3.05, 3.63) is 0 Å². The van der Waals surface area contributed by atoms with E-state index in [1.165, 1.54) is 0 Å². The molecule has 0 aromatic heterocycles. The van der Waals surface area contributed by atoms with Gasteiger partial charge in [-0.15, -0.1) is 0 Å². The van der Waals surface area contributed by atoms with Gasteiger partial charge in [-0.05, 0) is 0 Å². The monoisotopic (exact) mass is 144 g/mol. The second-order valence-corrected chi connectivity index (χ2v) is 2.93. The molecule has 0 aliphatic carbocycles. The van der Waals surface area contributed by atoms with Crippen LogP contribution in [0.4, 0.5) is 0 Å². The van der Waals surface area contributed by atoms with Crippen LogP contribution < -0.4 is 0 Å². The zero-order chi connectivity index (χ0) is 6.72. The second kappa shape index (κ2) is 1.53. The van der Waals surface area contributed by atoms with Crippen molar-refractivity contribution in [2.45, 2.75) is 30.7 Å². The lowest BCUT2D eigenvalue weighted by molar-refractivity contribution is -0.103. The van der Waals surface area contributed by atoms with Crippen molar-refractivity contribution >= 4 is 0 Å². The van der Waals surface area contributed by atoms with Crippen LogP contribution in [0, 0.1) is 0 Å². The first-order chi connectivity index (χ1) is 4.86. The van der Waals surface area contributed by atoms with Crippen molar-refractivity contribution in [2.24, 2.45) is 0 Å². The summed E-state index contributed by atoms with van der Waals surface area (Å²) in [7, 11) is 0. The topological polar surface area (TPSA) is 51.2 Å². The third-order valence-electron chi connectivity index (χ3n) is 2.28. The van der Waals surface area contributed by atoms with Crippen LogP contribution in [0.15, 0.2) is 0 Å². The molecule has 5 atom stereocenters. The number of ether oxygens (including phenoxy) is 3. The summed E-state index contributed by atoms with van der Waals surface area (Å²) in [5.41, 5.74) is 0. The number of epoxide rings is 1. The molecule has 0 saturated carbocycles. The first kappa shape index (κ1) is 5.49. The van der Waals surface area contributed by atoms with E-state index in [9.17, 15) is 5.11 Å². The van der Waals surface area contributed by atoms with Gasteiger partial charge in [0.25, 0.3) is 0 Å². The van der Waals surface area contributed by atoms with Gasteiger partial charge in [0.05, 0.1) is 6.61 Å². The predicted molar refractivity (Wildman–Crippen MR) is 29.3 cm³/mol. The maximum Gasteiger partial charge on any atom is 0.187 e. The van der Waals surface area contributed by atoms with Crippen molar-refractivity contribution in [3.8, 4) is 0 Å². The van der Waals surface area contributed by atoms with Crippen molar-refractivity contribution in [1.29, 1.82) is 0 Å². The van der Waals surface area contributed by atoms with E-state index in [1.54, 1.807) is 0 Å². The highest BCUT2D eigenvalue weighted by atomic mass is 16.8. The summed E-state index contributed by atoms with van der Waals surface area (Å²) in [4.78, 5) is 0. The van der Waals surface area contributed by atoms with Crippen LogP contribution in [0.3, 0.4) is 0 Å². The molecule has 0 aromatic rings. The molecule has 3 heterocycles. The Labute approximate surface area is 57.7 Å². The normalized spacial score (nSPS) is 63.9. The Hall–Kier alpha value is -0.160. The summed E-state index contributed by atoms with van der Waals surface area (Å²) in [6.45, 7) is 0.516. The molecule has 10 heavy (non-hydrogen) atoms. The van der Waals surface area contributed by atoms with E-state index < -0.39 is 6.10 Å². The summed E-state index contributed by atoms with van der Waals surface area (Å²) in [5.74, 6) is 0. The minimum atomic E-state index is -0.469. The Bertz CT molecular complexity index is 169. The van der Waals surface area contributed by atoms with Crippen molar-refractivity contribution in [1.82, 2.24) is 0 Å². The Balaban J connectivity index is 1.91. The highest BCUT2D eigenvalue weighted by Gasteiger charge is 2.61. The Kier molecular flexibility index (Phi) is 0.840. The van der Waals surface area contributed by atoms with Crippen LogP contribution in [0.5, 0.6) is 0 Å². The average molecular weight is 144 g/mol.